The zero-order valence-electron chi connectivity index (χ0n) is 11.0. The average Bonchev–Trinajstić information content (AvgIpc) is 2.78. The average molecular weight is 278 g/mol. The summed E-state index contributed by atoms with van der Waals surface area (Å²) in [5, 5.41) is 1.73. The van der Waals surface area contributed by atoms with Gasteiger partial charge in [-0.2, -0.15) is 0 Å². The van der Waals surface area contributed by atoms with Crippen LogP contribution < -0.4 is 0 Å². The minimum absolute atomic E-state index is 0.309. The fourth-order valence-corrected chi connectivity index (χ4v) is 2.15. The molecule has 1 aromatic carbocycles. The van der Waals surface area contributed by atoms with Crippen LogP contribution in [0.4, 0.5) is 0 Å². The van der Waals surface area contributed by atoms with Crippen molar-refractivity contribution in [2.45, 2.75) is 20.3 Å². The van der Waals surface area contributed by atoms with Crippen molar-refractivity contribution in [3.63, 3.8) is 0 Å². The SMILES string of the molecule is CCOC(=O)/C=C(\CC)c1cc2cc(Cl)ccc2[nH]1. The van der Waals surface area contributed by atoms with E-state index in [1.807, 2.05) is 31.2 Å². The highest BCUT2D eigenvalue weighted by atomic mass is 35.5. The van der Waals surface area contributed by atoms with Crippen LogP contribution >= 0.6 is 11.6 Å². The van der Waals surface area contributed by atoms with Gasteiger partial charge in [-0.15, -0.1) is 0 Å². The molecule has 0 spiro atoms. The lowest BCUT2D eigenvalue weighted by Gasteiger charge is -2.02. The number of halogens is 1. The molecule has 0 aliphatic heterocycles. The molecule has 2 rings (SSSR count). The van der Waals surface area contributed by atoms with E-state index >= 15 is 0 Å². The molecule has 3 nitrogen and oxygen atoms in total. The summed E-state index contributed by atoms with van der Waals surface area (Å²) < 4.78 is 4.94. The van der Waals surface area contributed by atoms with Gasteiger partial charge in [0.1, 0.15) is 0 Å². The number of allylic oxidation sites excluding steroid dienone is 1. The molecule has 0 fully saturated rings. The molecule has 0 aliphatic rings. The van der Waals surface area contributed by atoms with Crippen molar-refractivity contribution in [2.24, 2.45) is 0 Å². The second-order valence-corrected chi connectivity index (χ2v) is 4.63. The normalized spacial score (nSPS) is 11.8. The molecule has 4 heteroatoms. The number of aromatic nitrogens is 1. The number of esters is 1. The Bertz CT molecular complexity index is 628. The second kappa shape index (κ2) is 5.93. The predicted octanol–water partition coefficient (Wildman–Crippen LogP) is 4.18. The molecule has 100 valence electrons. The Morgan fingerprint density at radius 1 is 1.37 bits per heavy atom. The monoisotopic (exact) mass is 277 g/mol. The van der Waals surface area contributed by atoms with E-state index in [-0.39, 0.29) is 5.97 Å². The van der Waals surface area contributed by atoms with Gasteiger partial charge in [0, 0.05) is 27.7 Å². The van der Waals surface area contributed by atoms with E-state index in [1.54, 1.807) is 6.92 Å². The number of benzene rings is 1. The van der Waals surface area contributed by atoms with Crippen LogP contribution in [0.3, 0.4) is 0 Å². The maximum absolute atomic E-state index is 11.5. The zero-order valence-corrected chi connectivity index (χ0v) is 11.8. The number of hydrogen-bond acceptors (Lipinski definition) is 2. The Labute approximate surface area is 117 Å². The van der Waals surface area contributed by atoms with Crippen molar-refractivity contribution < 1.29 is 9.53 Å². The van der Waals surface area contributed by atoms with Crippen molar-refractivity contribution in [1.82, 2.24) is 4.98 Å². The molecule has 0 aliphatic carbocycles. The first-order valence-electron chi connectivity index (χ1n) is 6.30. The van der Waals surface area contributed by atoms with Crippen molar-refractivity contribution in [3.05, 3.63) is 41.1 Å². The van der Waals surface area contributed by atoms with Crippen LogP contribution in [-0.2, 0) is 9.53 Å². The van der Waals surface area contributed by atoms with Crippen molar-refractivity contribution in [3.8, 4) is 0 Å². The van der Waals surface area contributed by atoms with Crippen molar-refractivity contribution >= 4 is 34.0 Å². The summed E-state index contributed by atoms with van der Waals surface area (Å²) >= 11 is 5.96. The number of carbonyl (C=O) groups is 1. The van der Waals surface area contributed by atoms with E-state index in [0.29, 0.717) is 11.6 Å². The Hall–Kier alpha value is -1.74. The smallest absolute Gasteiger partial charge is 0.331 e. The Morgan fingerprint density at radius 3 is 2.84 bits per heavy atom. The molecule has 19 heavy (non-hydrogen) atoms. The fourth-order valence-electron chi connectivity index (χ4n) is 1.97. The number of carbonyl (C=O) groups excluding carboxylic acids is 1. The molecular formula is C15H16ClNO2. The van der Waals surface area contributed by atoms with E-state index in [1.165, 1.54) is 6.08 Å². The summed E-state index contributed by atoms with van der Waals surface area (Å²) in [6.07, 6.45) is 2.29. The molecule has 0 radical (unpaired) electrons. The van der Waals surface area contributed by atoms with Gasteiger partial charge in [-0.05, 0) is 43.2 Å². The lowest BCUT2D eigenvalue weighted by atomic mass is 10.1. The largest absolute Gasteiger partial charge is 0.463 e. The van der Waals surface area contributed by atoms with E-state index < -0.39 is 0 Å². The van der Waals surface area contributed by atoms with Crippen molar-refractivity contribution in [2.75, 3.05) is 6.61 Å². The summed E-state index contributed by atoms with van der Waals surface area (Å²) in [7, 11) is 0. The third-order valence-corrected chi connectivity index (χ3v) is 3.12. The maximum atomic E-state index is 11.5. The standard InChI is InChI=1S/C15H16ClNO2/c1-3-10(9-15(18)19-4-2)14-8-11-7-12(16)5-6-13(11)17-14/h5-9,17H,3-4H2,1-2H3/b10-9+. The molecule has 0 amide bonds. The Kier molecular flexibility index (Phi) is 4.27. The Morgan fingerprint density at radius 2 is 2.16 bits per heavy atom. The molecule has 1 heterocycles. The topological polar surface area (TPSA) is 42.1 Å². The van der Waals surface area contributed by atoms with E-state index in [2.05, 4.69) is 4.98 Å². The first-order chi connectivity index (χ1) is 9.13. The molecule has 0 bridgehead atoms. The molecule has 0 saturated heterocycles. The van der Waals surface area contributed by atoms with E-state index in [4.69, 9.17) is 16.3 Å². The summed E-state index contributed by atoms with van der Waals surface area (Å²) in [4.78, 5) is 14.8. The number of fused-ring (bicyclic) bond motifs is 1. The predicted molar refractivity (Wildman–Crippen MR) is 78.2 cm³/mol. The van der Waals surface area contributed by atoms with Crippen LogP contribution in [-0.4, -0.2) is 17.6 Å². The molecule has 1 N–H and O–H groups in total. The van der Waals surface area contributed by atoms with Crippen LogP contribution in [0, 0.1) is 0 Å². The van der Waals surface area contributed by atoms with Gasteiger partial charge >= 0.3 is 5.97 Å². The molecule has 0 saturated carbocycles. The molecule has 0 unspecified atom stereocenters. The number of H-pyrrole nitrogens is 1. The van der Waals surface area contributed by atoms with Gasteiger partial charge in [-0.3, -0.25) is 0 Å². The maximum Gasteiger partial charge on any atom is 0.331 e. The lowest BCUT2D eigenvalue weighted by Crippen LogP contribution is -2.00. The molecule has 0 atom stereocenters. The minimum atomic E-state index is -0.309. The lowest BCUT2D eigenvalue weighted by molar-refractivity contribution is -0.137. The Balaban J connectivity index is 2.38. The summed E-state index contributed by atoms with van der Waals surface area (Å²) in [6, 6.07) is 7.66. The number of rotatable bonds is 4. The van der Waals surface area contributed by atoms with Crippen LogP contribution in [0.15, 0.2) is 30.3 Å². The van der Waals surface area contributed by atoms with Crippen molar-refractivity contribution in [1.29, 1.82) is 0 Å². The van der Waals surface area contributed by atoms with Crippen LogP contribution in [0.1, 0.15) is 26.0 Å². The van der Waals surface area contributed by atoms with Gasteiger partial charge in [0.15, 0.2) is 0 Å². The zero-order chi connectivity index (χ0) is 13.8. The number of ether oxygens (including phenoxy) is 1. The van der Waals surface area contributed by atoms with Crippen LogP contribution in [0.25, 0.3) is 16.5 Å². The molecular weight excluding hydrogens is 262 g/mol. The highest BCUT2D eigenvalue weighted by Crippen LogP contribution is 2.25. The van der Waals surface area contributed by atoms with Gasteiger partial charge in [0.05, 0.1) is 6.61 Å². The van der Waals surface area contributed by atoms with E-state index in [9.17, 15) is 4.79 Å². The third-order valence-electron chi connectivity index (χ3n) is 2.89. The quantitative estimate of drug-likeness (QED) is 0.673. The summed E-state index contributed by atoms with van der Waals surface area (Å²) in [6.45, 7) is 4.18. The highest BCUT2D eigenvalue weighted by molar-refractivity contribution is 6.31. The third kappa shape index (κ3) is 3.18. The first kappa shape index (κ1) is 13.7. The van der Waals surface area contributed by atoms with Crippen LogP contribution in [0.2, 0.25) is 5.02 Å². The second-order valence-electron chi connectivity index (χ2n) is 4.19. The first-order valence-corrected chi connectivity index (χ1v) is 6.67. The number of nitrogens with one attached hydrogen (secondary N) is 1. The van der Waals surface area contributed by atoms with Gasteiger partial charge in [0.2, 0.25) is 0 Å². The summed E-state index contributed by atoms with van der Waals surface area (Å²) in [5.41, 5.74) is 2.85. The van der Waals surface area contributed by atoms with Gasteiger partial charge in [0.25, 0.3) is 0 Å². The van der Waals surface area contributed by atoms with E-state index in [0.717, 1.165) is 28.6 Å². The molecule has 2 aromatic rings. The number of hydrogen-bond donors (Lipinski definition) is 1. The van der Waals surface area contributed by atoms with Gasteiger partial charge in [-0.1, -0.05) is 18.5 Å². The highest BCUT2D eigenvalue weighted by Gasteiger charge is 2.07. The van der Waals surface area contributed by atoms with Gasteiger partial charge < -0.3 is 9.72 Å². The minimum Gasteiger partial charge on any atom is -0.463 e. The fraction of sp³-hybridized carbons (Fsp3) is 0.267. The van der Waals surface area contributed by atoms with Gasteiger partial charge in [-0.25, -0.2) is 4.79 Å². The number of aromatic amines is 1. The summed E-state index contributed by atoms with van der Waals surface area (Å²) in [5.74, 6) is -0.309. The van der Waals surface area contributed by atoms with Crippen LogP contribution in [0.5, 0.6) is 0 Å². The molecule has 1 aromatic heterocycles.